The Labute approximate surface area is 114 Å². The van der Waals surface area contributed by atoms with Crippen LogP contribution in [0.2, 0.25) is 0 Å². The average Bonchev–Trinajstić information content (AvgIpc) is 2.46. The molecule has 0 fully saturated rings. The zero-order valence-corrected chi connectivity index (χ0v) is 11.7. The molecule has 0 saturated heterocycles. The Morgan fingerprint density at radius 2 is 2.26 bits per heavy atom. The lowest BCUT2D eigenvalue weighted by Gasteiger charge is -2.36. The number of fused-ring (bicyclic) bond motifs is 1. The summed E-state index contributed by atoms with van der Waals surface area (Å²) in [4.78, 5) is 14.2. The summed E-state index contributed by atoms with van der Waals surface area (Å²) in [6.45, 7) is 4.02. The van der Waals surface area contributed by atoms with E-state index >= 15 is 0 Å². The summed E-state index contributed by atoms with van der Waals surface area (Å²) in [7, 11) is 1.64. The average molecular weight is 262 g/mol. The number of rotatable bonds is 4. The van der Waals surface area contributed by atoms with E-state index in [1.807, 2.05) is 11.0 Å². The first kappa shape index (κ1) is 13.9. The van der Waals surface area contributed by atoms with E-state index in [1.165, 1.54) is 11.1 Å². The smallest absolute Gasteiger partial charge is 0.318 e. The molecule has 1 aliphatic rings. The fraction of sp³-hybridized carbons (Fsp3) is 0.533. The van der Waals surface area contributed by atoms with Crippen molar-refractivity contribution >= 4 is 6.03 Å². The van der Waals surface area contributed by atoms with Crippen molar-refractivity contribution in [1.29, 1.82) is 0 Å². The third-order valence-electron chi connectivity index (χ3n) is 3.64. The zero-order chi connectivity index (χ0) is 13.7. The highest BCUT2D eigenvalue weighted by atomic mass is 16.5. The van der Waals surface area contributed by atoms with Gasteiger partial charge in [-0.2, -0.15) is 0 Å². The van der Waals surface area contributed by atoms with E-state index < -0.39 is 0 Å². The van der Waals surface area contributed by atoms with Gasteiger partial charge in [-0.1, -0.05) is 31.2 Å². The van der Waals surface area contributed by atoms with E-state index in [1.54, 1.807) is 7.11 Å². The highest BCUT2D eigenvalue weighted by Crippen LogP contribution is 2.31. The Bertz CT molecular complexity index is 434. The van der Waals surface area contributed by atoms with Gasteiger partial charge in [0, 0.05) is 20.2 Å². The number of nitrogens with zero attached hydrogens (tertiary/aromatic N) is 1. The largest absolute Gasteiger partial charge is 0.383 e. The van der Waals surface area contributed by atoms with Gasteiger partial charge in [0.25, 0.3) is 0 Å². The third-order valence-corrected chi connectivity index (χ3v) is 3.64. The van der Waals surface area contributed by atoms with Gasteiger partial charge >= 0.3 is 6.03 Å². The number of nitrogens with one attached hydrogen (secondary N) is 1. The number of amides is 2. The van der Waals surface area contributed by atoms with Crippen molar-refractivity contribution in [3.05, 3.63) is 35.4 Å². The predicted molar refractivity (Wildman–Crippen MR) is 75.2 cm³/mol. The molecule has 1 aliphatic heterocycles. The quantitative estimate of drug-likeness (QED) is 0.846. The van der Waals surface area contributed by atoms with Crippen LogP contribution < -0.4 is 5.32 Å². The molecule has 1 heterocycles. The fourth-order valence-corrected chi connectivity index (χ4v) is 2.70. The first-order chi connectivity index (χ1) is 9.27. The van der Waals surface area contributed by atoms with Crippen molar-refractivity contribution in [3.63, 3.8) is 0 Å². The molecular formula is C15H22N2O2. The molecule has 1 N–H and O–H groups in total. The molecule has 4 heteroatoms. The molecule has 0 saturated carbocycles. The van der Waals surface area contributed by atoms with Gasteiger partial charge < -0.3 is 15.0 Å². The summed E-state index contributed by atoms with van der Waals surface area (Å²) < 4.78 is 4.96. The Morgan fingerprint density at radius 3 is 3.00 bits per heavy atom. The normalized spacial score (nSPS) is 18.0. The Morgan fingerprint density at radius 1 is 1.47 bits per heavy atom. The summed E-state index contributed by atoms with van der Waals surface area (Å²) in [6.07, 6.45) is 1.87. The first-order valence-corrected chi connectivity index (χ1v) is 6.89. The summed E-state index contributed by atoms with van der Waals surface area (Å²) >= 11 is 0. The summed E-state index contributed by atoms with van der Waals surface area (Å²) in [5.74, 6) is 0. The molecule has 1 aromatic rings. The number of hydrogen-bond acceptors (Lipinski definition) is 2. The maximum absolute atomic E-state index is 12.2. The molecule has 104 valence electrons. The van der Waals surface area contributed by atoms with Crippen molar-refractivity contribution in [3.8, 4) is 0 Å². The van der Waals surface area contributed by atoms with Gasteiger partial charge in [0.05, 0.1) is 12.6 Å². The van der Waals surface area contributed by atoms with Gasteiger partial charge in [-0.15, -0.1) is 0 Å². The highest BCUT2D eigenvalue weighted by Gasteiger charge is 2.28. The number of carbonyl (C=O) groups is 1. The van der Waals surface area contributed by atoms with E-state index in [0.717, 1.165) is 19.4 Å². The van der Waals surface area contributed by atoms with E-state index in [4.69, 9.17) is 4.74 Å². The van der Waals surface area contributed by atoms with Crippen LogP contribution in [0.5, 0.6) is 0 Å². The van der Waals surface area contributed by atoms with Crippen LogP contribution in [0.3, 0.4) is 0 Å². The highest BCUT2D eigenvalue weighted by molar-refractivity contribution is 5.75. The first-order valence-electron chi connectivity index (χ1n) is 6.89. The lowest BCUT2D eigenvalue weighted by molar-refractivity contribution is 0.158. The second kappa shape index (κ2) is 6.57. The molecule has 4 nitrogen and oxygen atoms in total. The Kier molecular flexibility index (Phi) is 4.80. The third kappa shape index (κ3) is 3.07. The van der Waals surface area contributed by atoms with Crippen molar-refractivity contribution in [2.75, 3.05) is 26.8 Å². The monoisotopic (exact) mass is 262 g/mol. The number of hydrogen-bond donors (Lipinski definition) is 1. The minimum absolute atomic E-state index is 0.0124. The summed E-state index contributed by atoms with van der Waals surface area (Å²) in [6, 6.07) is 8.62. The van der Waals surface area contributed by atoms with E-state index in [-0.39, 0.29) is 12.1 Å². The predicted octanol–water partition coefficient (Wildman–Crippen LogP) is 2.35. The van der Waals surface area contributed by atoms with Gasteiger partial charge in [0.15, 0.2) is 0 Å². The molecule has 0 spiro atoms. The summed E-state index contributed by atoms with van der Waals surface area (Å²) in [5, 5.41) is 2.91. The number of urea groups is 1. The molecule has 1 atom stereocenters. The molecule has 0 bridgehead atoms. The molecule has 2 amide bonds. The molecule has 0 aromatic heterocycles. The minimum Gasteiger partial charge on any atom is -0.383 e. The van der Waals surface area contributed by atoms with Crippen LogP contribution in [0.1, 0.15) is 30.5 Å². The number of carbonyl (C=O) groups excluding carboxylic acids is 1. The molecular weight excluding hydrogens is 240 g/mol. The number of ether oxygens (including phenoxy) is 1. The minimum atomic E-state index is 0.0124. The van der Waals surface area contributed by atoms with E-state index in [2.05, 4.69) is 30.4 Å². The maximum atomic E-state index is 12.2. The van der Waals surface area contributed by atoms with Crippen molar-refractivity contribution in [2.24, 2.45) is 0 Å². The fourth-order valence-electron chi connectivity index (χ4n) is 2.70. The van der Waals surface area contributed by atoms with Gasteiger partial charge in [-0.25, -0.2) is 4.79 Å². The standard InChI is InChI=1S/C15H22N2O2/c1-3-14-13-7-5-4-6-12(13)8-10-17(14)15(18)16-9-11-19-2/h4-7,14H,3,8-11H2,1-2H3,(H,16,18)/t14-/m1/s1. The SMILES string of the molecule is CC[C@@H]1c2ccccc2CCN1C(=O)NCCOC. The van der Waals surface area contributed by atoms with E-state index in [9.17, 15) is 4.79 Å². The van der Waals surface area contributed by atoms with Crippen LogP contribution in [-0.2, 0) is 11.2 Å². The molecule has 1 aromatic carbocycles. The van der Waals surface area contributed by atoms with Crippen molar-refractivity contribution < 1.29 is 9.53 Å². The Balaban J connectivity index is 2.09. The van der Waals surface area contributed by atoms with Crippen LogP contribution in [-0.4, -0.2) is 37.7 Å². The molecule has 0 radical (unpaired) electrons. The molecule has 0 unspecified atom stereocenters. The molecule has 19 heavy (non-hydrogen) atoms. The van der Waals surface area contributed by atoms with Gasteiger partial charge in [0.1, 0.15) is 0 Å². The number of benzene rings is 1. The lowest BCUT2D eigenvalue weighted by atomic mass is 9.91. The molecule has 0 aliphatic carbocycles. The van der Waals surface area contributed by atoms with Crippen molar-refractivity contribution in [1.82, 2.24) is 10.2 Å². The summed E-state index contributed by atoms with van der Waals surface area (Å²) in [5.41, 5.74) is 2.66. The lowest BCUT2D eigenvalue weighted by Crippen LogP contribution is -2.46. The zero-order valence-electron chi connectivity index (χ0n) is 11.7. The van der Waals surface area contributed by atoms with Crippen molar-refractivity contribution in [2.45, 2.75) is 25.8 Å². The van der Waals surface area contributed by atoms with Gasteiger partial charge in [-0.05, 0) is 24.0 Å². The van der Waals surface area contributed by atoms with Crippen LogP contribution in [0.25, 0.3) is 0 Å². The van der Waals surface area contributed by atoms with Crippen LogP contribution in [0.15, 0.2) is 24.3 Å². The maximum Gasteiger partial charge on any atom is 0.318 e. The van der Waals surface area contributed by atoms with Crippen LogP contribution in [0.4, 0.5) is 4.79 Å². The van der Waals surface area contributed by atoms with E-state index in [0.29, 0.717) is 13.2 Å². The second-order valence-electron chi connectivity index (χ2n) is 4.79. The molecule has 2 rings (SSSR count). The Hall–Kier alpha value is -1.55. The second-order valence-corrected chi connectivity index (χ2v) is 4.79. The van der Waals surface area contributed by atoms with Crippen LogP contribution >= 0.6 is 0 Å². The van der Waals surface area contributed by atoms with Crippen LogP contribution in [0, 0.1) is 0 Å². The van der Waals surface area contributed by atoms with Gasteiger partial charge in [-0.3, -0.25) is 0 Å². The van der Waals surface area contributed by atoms with Gasteiger partial charge in [0.2, 0.25) is 0 Å². The number of methoxy groups -OCH3 is 1. The topological polar surface area (TPSA) is 41.6 Å².